The van der Waals surface area contributed by atoms with Gasteiger partial charge in [-0.05, 0) is 61.0 Å². The Morgan fingerprint density at radius 2 is 1.68 bits per heavy atom. The minimum atomic E-state index is -1.42. The first-order valence-electron chi connectivity index (χ1n) is 17.1. The molecular weight excluding hydrogens is 726 g/mol. The van der Waals surface area contributed by atoms with Gasteiger partial charge in [-0.2, -0.15) is 4.98 Å². The van der Waals surface area contributed by atoms with Gasteiger partial charge < -0.3 is 40.8 Å². The van der Waals surface area contributed by atoms with Crippen LogP contribution in [-0.4, -0.2) is 60.0 Å². The molecule has 2 unspecified atom stereocenters. The molecular formula is C39H29N7O10. The van der Waals surface area contributed by atoms with Crippen molar-refractivity contribution in [2.75, 3.05) is 11.1 Å². The number of phenols is 1. The number of aromatic hydroxyl groups is 1. The van der Waals surface area contributed by atoms with Gasteiger partial charge in [-0.15, -0.1) is 0 Å². The van der Waals surface area contributed by atoms with Crippen LogP contribution in [0.25, 0.3) is 11.2 Å². The first-order valence-corrected chi connectivity index (χ1v) is 17.1. The summed E-state index contributed by atoms with van der Waals surface area (Å²) in [6.07, 6.45) is 0.723. The first kappa shape index (κ1) is 35.2. The van der Waals surface area contributed by atoms with Gasteiger partial charge in [0, 0.05) is 46.5 Å². The minimum Gasteiger partial charge on any atom is -0.508 e. The highest BCUT2D eigenvalue weighted by Crippen LogP contribution is 2.57. The largest absolute Gasteiger partial charge is 0.508 e. The molecule has 2 aromatic heterocycles. The molecule has 1 spiro atoms. The molecule has 17 nitrogen and oxygen atoms in total. The van der Waals surface area contributed by atoms with E-state index in [0.717, 1.165) is 0 Å². The number of aromatic amines is 1. The number of ether oxygens (including phenoxy) is 3. The molecule has 4 aromatic carbocycles. The molecule has 17 heteroatoms. The maximum absolute atomic E-state index is 13.5. The number of phenolic OH excluding ortho intramolecular Hbond substituents is 1. The van der Waals surface area contributed by atoms with Crippen LogP contribution < -0.4 is 31.4 Å². The first-order chi connectivity index (χ1) is 27.0. The number of nitrogen functional groups attached to an aromatic ring is 1. The Balaban J connectivity index is 0.984. The fourth-order valence-electron chi connectivity index (χ4n) is 6.64. The van der Waals surface area contributed by atoms with Crippen LogP contribution in [0.5, 0.6) is 23.0 Å². The number of amides is 1. The third-order valence-corrected chi connectivity index (χ3v) is 9.23. The van der Waals surface area contributed by atoms with Crippen molar-refractivity contribution in [1.82, 2.24) is 25.3 Å². The quantitative estimate of drug-likeness (QED) is 0.0860. The molecule has 2 aliphatic rings. The van der Waals surface area contributed by atoms with Gasteiger partial charge in [0.1, 0.15) is 29.0 Å². The molecule has 0 radical (unpaired) electrons. The van der Waals surface area contributed by atoms with Crippen LogP contribution in [0.1, 0.15) is 55.9 Å². The number of nitrogens with two attached hydrogens (primary N) is 1. The van der Waals surface area contributed by atoms with E-state index in [1.807, 2.05) is 0 Å². The van der Waals surface area contributed by atoms with Crippen LogP contribution in [0.15, 0.2) is 95.9 Å². The van der Waals surface area contributed by atoms with E-state index in [2.05, 4.69) is 30.6 Å². The zero-order chi connectivity index (χ0) is 39.1. The number of hydrogen-bond donors (Lipinski definition) is 6. The highest BCUT2D eigenvalue weighted by Gasteiger charge is 2.53. The molecule has 2 atom stereocenters. The van der Waals surface area contributed by atoms with Gasteiger partial charge in [0.05, 0.1) is 24.0 Å². The molecule has 7 N–H and O–H groups in total. The second kappa shape index (κ2) is 13.9. The predicted octanol–water partition coefficient (Wildman–Crippen LogP) is 3.75. The summed E-state index contributed by atoms with van der Waals surface area (Å²) >= 11 is 0. The summed E-state index contributed by atoms with van der Waals surface area (Å²) in [5.41, 5.74) is 6.80. The van der Waals surface area contributed by atoms with Crippen LogP contribution in [0.2, 0.25) is 0 Å². The number of carboxylic acids is 1. The van der Waals surface area contributed by atoms with E-state index in [4.69, 9.17) is 19.9 Å². The lowest BCUT2D eigenvalue weighted by molar-refractivity contribution is -0.138. The molecule has 4 heterocycles. The number of nitrogens with zero attached hydrogens (tertiary/aromatic N) is 3. The topological polar surface area (TPSA) is 258 Å². The molecule has 0 bridgehead atoms. The van der Waals surface area contributed by atoms with E-state index in [9.17, 15) is 34.2 Å². The van der Waals surface area contributed by atoms with Crippen molar-refractivity contribution < 1.29 is 43.6 Å². The van der Waals surface area contributed by atoms with Gasteiger partial charge in [-0.3, -0.25) is 19.4 Å². The second-order valence-corrected chi connectivity index (χ2v) is 12.9. The third-order valence-electron chi connectivity index (χ3n) is 9.23. The smallest absolute Gasteiger partial charge is 0.340 e. The lowest BCUT2D eigenvalue weighted by Crippen LogP contribution is -2.43. The predicted molar refractivity (Wildman–Crippen MR) is 196 cm³/mol. The Kier molecular flexibility index (Phi) is 8.72. The molecule has 280 valence electrons. The van der Waals surface area contributed by atoms with Crippen molar-refractivity contribution >= 4 is 46.6 Å². The van der Waals surface area contributed by atoms with E-state index in [-0.39, 0.29) is 58.6 Å². The molecule has 0 aliphatic carbocycles. The van der Waals surface area contributed by atoms with Crippen molar-refractivity contribution in [3.63, 3.8) is 0 Å². The van der Waals surface area contributed by atoms with E-state index >= 15 is 0 Å². The lowest BCUT2D eigenvalue weighted by atomic mass is 9.77. The number of benzene rings is 4. The zero-order valence-corrected chi connectivity index (χ0v) is 28.9. The van der Waals surface area contributed by atoms with Crippen LogP contribution >= 0.6 is 0 Å². The maximum atomic E-state index is 13.5. The van der Waals surface area contributed by atoms with Crippen LogP contribution in [-0.2, 0) is 26.5 Å². The summed E-state index contributed by atoms with van der Waals surface area (Å²) in [5.74, 6) is -3.13. The summed E-state index contributed by atoms with van der Waals surface area (Å²) in [5, 5.41) is 25.3. The van der Waals surface area contributed by atoms with Crippen molar-refractivity contribution in [3.8, 4) is 23.0 Å². The number of esters is 2. The summed E-state index contributed by atoms with van der Waals surface area (Å²) in [4.78, 5) is 78.3. The fraction of sp³-hybridized carbons (Fsp3) is 0.128. The zero-order valence-electron chi connectivity index (χ0n) is 28.9. The fourth-order valence-corrected chi connectivity index (χ4v) is 6.64. The maximum Gasteiger partial charge on any atom is 0.340 e. The summed E-state index contributed by atoms with van der Waals surface area (Å²) in [6, 6.07) is 20.7. The average molecular weight is 756 g/mol. The Hall–Kier alpha value is -7.82. The van der Waals surface area contributed by atoms with Gasteiger partial charge in [0.2, 0.25) is 5.95 Å². The normalized spacial score (nSPS) is 15.5. The van der Waals surface area contributed by atoms with E-state index < -0.39 is 47.4 Å². The van der Waals surface area contributed by atoms with Gasteiger partial charge in [0.15, 0.2) is 16.8 Å². The Bertz CT molecular complexity index is 2660. The van der Waals surface area contributed by atoms with E-state index in [1.165, 1.54) is 42.6 Å². The number of nitrogens with one attached hydrogen (secondary N) is 3. The molecule has 8 rings (SSSR count). The summed E-state index contributed by atoms with van der Waals surface area (Å²) < 4.78 is 17.9. The molecule has 0 saturated carbocycles. The van der Waals surface area contributed by atoms with Crippen molar-refractivity contribution in [3.05, 3.63) is 135 Å². The highest BCUT2D eigenvalue weighted by atomic mass is 16.6. The van der Waals surface area contributed by atoms with Crippen LogP contribution in [0.3, 0.4) is 0 Å². The molecule has 0 fully saturated rings. The Labute approximate surface area is 315 Å². The minimum absolute atomic E-state index is 0.00350. The van der Waals surface area contributed by atoms with Crippen molar-refractivity contribution in [2.45, 2.75) is 31.0 Å². The standard InChI is InChI=1S/C39H29N7O10/c40-38-45-33-32(35(51)46-38)43-21(18-42-33)17-41-20-7-5-19(6-8-20)34(50)44-28(13-14-31(48)49)37(53)54-23-10-12-27-30(16-23)55-29-15-22(47)9-11-26(29)39(27)25-4-2-1-3-24(25)36(52)56-39/h1-12,15-16,18,28,41,47H,13-14,17H2,(H,44,50)(H,48,49)(H3,40,42,45,46,51). The third kappa shape index (κ3) is 6.42. The number of carboxylic acid groups (broad SMARTS) is 1. The number of anilines is 2. The monoisotopic (exact) mass is 755 g/mol. The van der Waals surface area contributed by atoms with Crippen molar-refractivity contribution in [1.29, 1.82) is 0 Å². The van der Waals surface area contributed by atoms with Gasteiger partial charge >= 0.3 is 17.9 Å². The number of carbonyl (C=O) groups excluding carboxylic acids is 3. The summed E-state index contributed by atoms with van der Waals surface area (Å²) in [6.45, 7) is 0.184. The number of aliphatic carboxylic acids is 1. The van der Waals surface area contributed by atoms with Crippen molar-refractivity contribution in [2.24, 2.45) is 0 Å². The number of fused-ring (bicyclic) bond motifs is 7. The number of rotatable bonds is 10. The van der Waals surface area contributed by atoms with Crippen LogP contribution in [0, 0.1) is 0 Å². The Morgan fingerprint density at radius 1 is 0.929 bits per heavy atom. The molecule has 2 aliphatic heterocycles. The molecule has 0 saturated heterocycles. The number of aromatic nitrogens is 4. The highest BCUT2D eigenvalue weighted by molar-refractivity contribution is 5.98. The van der Waals surface area contributed by atoms with E-state index in [1.54, 1.807) is 48.5 Å². The Morgan fingerprint density at radius 3 is 2.46 bits per heavy atom. The second-order valence-electron chi connectivity index (χ2n) is 12.9. The van der Waals surface area contributed by atoms with Gasteiger partial charge in [-0.25, -0.2) is 19.6 Å². The van der Waals surface area contributed by atoms with E-state index in [0.29, 0.717) is 33.6 Å². The number of carbonyl (C=O) groups is 4. The molecule has 56 heavy (non-hydrogen) atoms. The number of H-pyrrole nitrogens is 1. The average Bonchev–Trinajstić information content (AvgIpc) is 3.47. The lowest BCUT2D eigenvalue weighted by Gasteiger charge is -2.36. The summed E-state index contributed by atoms with van der Waals surface area (Å²) in [7, 11) is 0. The van der Waals surface area contributed by atoms with Gasteiger partial charge in [-0.1, -0.05) is 18.2 Å². The van der Waals surface area contributed by atoms with Crippen LogP contribution in [0.4, 0.5) is 11.6 Å². The van der Waals surface area contributed by atoms with Gasteiger partial charge in [0.25, 0.3) is 11.5 Å². The molecule has 6 aromatic rings. The SMILES string of the molecule is Nc1nc2ncc(CNc3ccc(C(=O)NC(CCC(=O)O)C(=O)Oc4ccc5c(c4)Oc4cc(O)ccc4C54OC(=O)c5ccccc54)cc3)nc2c(=O)[nH]1. The molecule has 1 amide bonds. The number of hydrogen-bond acceptors (Lipinski definition) is 14.